The number of hydrogen-bond donors (Lipinski definition) is 4. The molecule has 0 aromatic heterocycles. The van der Waals surface area contributed by atoms with E-state index in [4.69, 9.17) is 10.2 Å². The van der Waals surface area contributed by atoms with Crippen LogP contribution in [0.4, 0.5) is 0 Å². The molecule has 0 aliphatic heterocycles. The van der Waals surface area contributed by atoms with Crippen LogP contribution in [-0.2, 0) is 9.84 Å². The van der Waals surface area contributed by atoms with E-state index in [2.05, 4.69) is 25.3 Å². The van der Waals surface area contributed by atoms with Crippen LogP contribution in [0.2, 0.25) is 0 Å². The standard InChI is InChI=1S/C8H18O4S3/c1-7(13,3-5-9)15(11,12)8(2,14)4-6-10/h9-10,13-14H,3-6H2,1-2H3. The molecule has 15 heavy (non-hydrogen) atoms. The van der Waals surface area contributed by atoms with Crippen molar-refractivity contribution in [2.75, 3.05) is 13.2 Å². The van der Waals surface area contributed by atoms with Gasteiger partial charge in [0.25, 0.3) is 0 Å². The van der Waals surface area contributed by atoms with Crippen molar-refractivity contribution < 1.29 is 18.6 Å². The van der Waals surface area contributed by atoms with Gasteiger partial charge in [-0.3, -0.25) is 0 Å². The minimum atomic E-state index is -3.65. The molecule has 0 rings (SSSR count). The Kier molecular flexibility index (Phi) is 5.47. The number of aliphatic hydroxyl groups is 2. The van der Waals surface area contributed by atoms with Crippen molar-refractivity contribution in [2.45, 2.75) is 34.8 Å². The molecule has 2 unspecified atom stereocenters. The number of sulfone groups is 1. The fourth-order valence-electron chi connectivity index (χ4n) is 1.16. The van der Waals surface area contributed by atoms with E-state index < -0.39 is 18.0 Å². The summed E-state index contributed by atoms with van der Waals surface area (Å²) in [4.78, 5) is 0. The van der Waals surface area contributed by atoms with E-state index in [0.717, 1.165) is 0 Å². The Morgan fingerprint density at radius 3 is 1.47 bits per heavy atom. The van der Waals surface area contributed by atoms with Gasteiger partial charge in [-0.25, -0.2) is 8.42 Å². The first kappa shape index (κ1) is 15.6. The summed E-state index contributed by atoms with van der Waals surface area (Å²) in [6, 6.07) is 0. The Morgan fingerprint density at radius 1 is 1.00 bits per heavy atom. The Labute approximate surface area is 102 Å². The molecule has 2 N–H and O–H groups in total. The fraction of sp³-hybridized carbons (Fsp3) is 1.00. The van der Waals surface area contributed by atoms with E-state index in [1.54, 1.807) is 0 Å². The average molecular weight is 274 g/mol. The third-order valence-electron chi connectivity index (χ3n) is 2.31. The Morgan fingerprint density at radius 2 is 1.27 bits per heavy atom. The van der Waals surface area contributed by atoms with E-state index in [-0.39, 0.29) is 26.1 Å². The van der Waals surface area contributed by atoms with Gasteiger partial charge in [0.2, 0.25) is 0 Å². The largest absolute Gasteiger partial charge is 0.396 e. The fourth-order valence-corrected chi connectivity index (χ4v) is 4.45. The quantitative estimate of drug-likeness (QED) is 0.531. The molecule has 0 aliphatic rings. The normalized spacial score (nSPS) is 20.7. The van der Waals surface area contributed by atoms with Crippen LogP contribution in [0.15, 0.2) is 0 Å². The zero-order valence-corrected chi connectivity index (χ0v) is 11.4. The molecule has 7 heteroatoms. The smallest absolute Gasteiger partial charge is 0.179 e. The average Bonchev–Trinajstić information content (AvgIpc) is 2.03. The lowest BCUT2D eigenvalue weighted by molar-refractivity contribution is 0.278. The van der Waals surface area contributed by atoms with Crippen LogP contribution in [0.5, 0.6) is 0 Å². The van der Waals surface area contributed by atoms with E-state index in [1.807, 2.05) is 0 Å². The molecule has 92 valence electrons. The Balaban J connectivity index is 5.13. The van der Waals surface area contributed by atoms with Gasteiger partial charge in [0.15, 0.2) is 9.84 Å². The summed E-state index contributed by atoms with van der Waals surface area (Å²) in [5.41, 5.74) is 0. The molecule has 0 bridgehead atoms. The molecule has 0 aromatic carbocycles. The first-order chi connectivity index (χ1) is 6.62. The summed E-state index contributed by atoms with van der Waals surface area (Å²) in [7, 11) is -3.65. The van der Waals surface area contributed by atoms with Crippen molar-refractivity contribution >= 4 is 35.1 Å². The van der Waals surface area contributed by atoms with Gasteiger partial charge in [-0.1, -0.05) is 0 Å². The number of aliphatic hydroxyl groups excluding tert-OH is 2. The van der Waals surface area contributed by atoms with Crippen LogP contribution >= 0.6 is 25.3 Å². The molecular formula is C8H18O4S3. The molecule has 0 amide bonds. The van der Waals surface area contributed by atoms with E-state index in [1.165, 1.54) is 13.8 Å². The van der Waals surface area contributed by atoms with E-state index in [0.29, 0.717) is 0 Å². The number of hydrogen-bond acceptors (Lipinski definition) is 6. The summed E-state index contributed by atoms with van der Waals surface area (Å²) in [5, 5.41) is 17.5. The zero-order valence-electron chi connectivity index (χ0n) is 8.84. The van der Waals surface area contributed by atoms with Crippen LogP contribution < -0.4 is 0 Å². The van der Waals surface area contributed by atoms with Crippen LogP contribution in [0.25, 0.3) is 0 Å². The molecule has 0 radical (unpaired) electrons. The highest BCUT2D eigenvalue weighted by molar-refractivity contribution is 8.13. The predicted molar refractivity (Wildman–Crippen MR) is 67.1 cm³/mol. The molecule has 0 saturated carbocycles. The second-order valence-electron chi connectivity index (χ2n) is 3.80. The third-order valence-corrected chi connectivity index (χ3v) is 6.92. The van der Waals surface area contributed by atoms with Crippen LogP contribution in [0.3, 0.4) is 0 Å². The van der Waals surface area contributed by atoms with Crippen molar-refractivity contribution in [3.05, 3.63) is 0 Å². The lowest BCUT2D eigenvalue weighted by atomic mass is 10.3. The minimum Gasteiger partial charge on any atom is -0.396 e. The number of thiol groups is 2. The van der Waals surface area contributed by atoms with Gasteiger partial charge in [0, 0.05) is 13.2 Å². The molecule has 0 heterocycles. The van der Waals surface area contributed by atoms with Gasteiger partial charge in [-0.05, 0) is 26.7 Å². The lowest BCUT2D eigenvalue weighted by Crippen LogP contribution is -2.43. The number of rotatable bonds is 6. The zero-order chi connectivity index (χ0) is 12.3. The highest BCUT2D eigenvalue weighted by Crippen LogP contribution is 2.38. The van der Waals surface area contributed by atoms with Crippen molar-refractivity contribution in [3.8, 4) is 0 Å². The first-order valence-electron chi connectivity index (χ1n) is 4.53. The Bertz CT molecular complexity index is 271. The van der Waals surface area contributed by atoms with E-state index >= 15 is 0 Å². The summed E-state index contributed by atoms with van der Waals surface area (Å²) >= 11 is 8.11. The van der Waals surface area contributed by atoms with Gasteiger partial charge < -0.3 is 10.2 Å². The summed E-state index contributed by atoms with van der Waals surface area (Å²) in [5.74, 6) is 0. The molecule has 0 fully saturated rings. The topological polar surface area (TPSA) is 74.6 Å². The van der Waals surface area contributed by atoms with Gasteiger partial charge in [0.05, 0.1) is 0 Å². The third kappa shape index (κ3) is 3.26. The van der Waals surface area contributed by atoms with Gasteiger partial charge in [0.1, 0.15) is 8.16 Å². The summed E-state index contributed by atoms with van der Waals surface area (Å²) in [6.07, 6.45) is 0.0556. The molecule has 4 nitrogen and oxygen atoms in total. The van der Waals surface area contributed by atoms with Gasteiger partial charge >= 0.3 is 0 Å². The van der Waals surface area contributed by atoms with Crippen molar-refractivity contribution in [3.63, 3.8) is 0 Å². The first-order valence-corrected chi connectivity index (χ1v) is 6.91. The van der Waals surface area contributed by atoms with Crippen molar-refractivity contribution in [1.29, 1.82) is 0 Å². The van der Waals surface area contributed by atoms with Crippen LogP contribution in [0.1, 0.15) is 26.7 Å². The minimum absolute atomic E-state index is 0.0278. The molecule has 0 saturated heterocycles. The Hall–Kier alpha value is 0.570. The summed E-state index contributed by atoms with van der Waals surface area (Å²) in [6.45, 7) is 2.32. The second-order valence-corrected chi connectivity index (χ2v) is 9.19. The lowest BCUT2D eigenvalue weighted by Gasteiger charge is -2.33. The molecule has 2 atom stereocenters. The monoisotopic (exact) mass is 274 g/mol. The van der Waals surface area contributed by atoms with Crippen molar-refractivity contribution in [2.24, 2.45) is 0 Å². The maximum atomic E-state index is 12.1. The van der Waals surface area contributed by atoms with Crippen LogP contribution in [-0.4, -0.2) is 40.0 Å². The maximum absolute atomic E-state index is 12.1. The van der Waals surface area contributed by atoms with E-state index in [9.17, 15) is 8.42 Å². The predicted octanol–water partition coefficient (Wildman–Crippen LogP) is 0.458. The van der Waals surface area contributed by atoms with Crippen LogP contribution in [0, 0.1) is 0 Å². The summed E-state index contributed by atoms with van der Waals surface area (Å²) < 4.78 is 21.5. The maximum Gasteiger partial charge on any atom is 0.179 e. The highest BCUT2D eigenvalue weighted by atomic mass is 32.3. The molecule has 0 aliphatic carbocycles. The second kappa shape index (κ2) is 5.27. The molecular weight excluding hydrogens is 256 g/mol. The molecule has 0 aromatic rings. The SMILES string of the molecule is CC(S)(CCO)S(=O)(=O)C(C)(S)CCO. The van der Waals surface area contributed by atoms with Crippen molar-refractivity contribution in [1.82, 2.24) is 0 Å². The van der Waals surface area contributed by atoms with Gasteiger partial charge in [-0.2, -0.15) is 25.3 Å². The molecule has 0 spiro atoms. The highest BCUT2D eigenvalue weighted by Gasteiger charge is 2.46. The van der Waals surface area contributed by atoms with Gasteiger partial charge in [-0.15, -0.1) is 0 Å².